The van der Waals surface area contributed by atoms with E-state index in [2.05, 4.69) is 34.4 Å². The van der Waals surface area contributed by atoms with Crippen LogP contribution in [0, 0.1) is 11.8 Å². The summed E-state index contributed by atoms with van der Waals surface area (Å²) in [5.74, 6) is -3.45. The van der Waals surface area contributed by atoms with Gasteiger partial charge in [-0.3, -0.25) is 19.2 Å². The van der Waals surface area contributed by atoms with Crippen molar-refractivity contribution in [1.82, 2.24) is 10.2 Å². The number of hydrogen-bond acceptors (Lipinski definition) is 9. The van der Waals surface area contributed by atoms with Crippen molar-refractivity contribution in [3.05, 3.63) is 85.5 Å². The van der Waals surface area contributed by atoms with E-state index in [4.69, 9.17) is 18.9 Å². The molecule has 0 saturated carbocycles. The van der Waals surface area contributed by atoms with Gasteiger partial charge in [-0.25, -0.2) is 0 Å². The summed E-state index contributed by atoms with van der Waals surface area (Å²) in [6, 6.07) is 13.2. The fourth-order valence-electron chi connectivity index (χ4n) is 7.67. The van der Waals surface area contributed by atoms with Gasteiger partial charge in [0.15, 0.2) is 0 Å². The molecule has 3 fully saturated rings. The lowest BCUT2D eigenvalue weighted by Crippen LogP contribution is -2.58. The molecular formula is C38H46BrN3O9. The minimum atomic E-state index is -1.40. The number of halogens is 1. The summed E-state index contributed by atoms with van der Waals surface area (Å²) in [6.45, 7) is 8.93. The topological polar surface area (TPSA) is 144 Å². The second-order valence-electron chi connectivity index (χ2n) is 13.1. The molecule has 3 saturated heterocycles. The first kappa shape index (κ1) is 38.2. The lowest BCUT2D eigenvalue weighted by molar-refractivity contribution is -0.163. The number of benzene rings is 2. The van der Waals surface area contributed by atoms with E-state index in [1.54, 1.807) is 74.7 Å². The lowest BCUT2D eigenvalue weighted by Gasteiger charge is -2.38. The Hall–Kier alpha value is -4.04. The number of hydrogen-bond donors (Lipinski definition) is 2. The van der Waals surface area contributed by atoms with E-state index in [0.717, 1.165) is 0 Å². The van der Waals surface area contributed by atoms with Crippen LogP contribution in [0.3, 0.4) is 0 Å². The van der Waals surface area contributed by atoms with Gasteiger partial charge in [-0.1, -0.05) is 58.4 Å². The standard InChI is InChI=1S/C38H46BrN3O9/c1-6-8-14-29(44)40-28(22-48-4)32(24-12-10-9-11-13-24)50-37(47)30-31-35(45)42(23(3)21-43)34(38(31)20-27(39)33(30)51-38)36(46)41(19-7-2)25-15-17-26(49-5)18-16-25/h6-7,9-13,15-18,23,27-28,30-34,43H,1-2,8,14,19-22H2,3-5H3,(H,40,44)/t23-,27?,28+,30+,31-,32+,33+,34+,38-/m1/s1. The van der Waals surface area contributed by atoms with Gasteiger partial charge in [0.2, 0.25) is 11.8 Å². The normalized spacial score (nSPS) is 26.5. The summed E-state index contributed by atoms with van der Waals surface area (Å²) in [5.41, 5.74) is -0.237. The molecule has 2 aromatic carbocycles. The van der Waals surface area contributed by atoms with Crippen molar-refractivity contribution in [1.29, 1.82) is 0 Å². The van der Waals surface area contributed by atoms with Crippen LogP contribution in [-0.4, -0.2) is 102 Å². The predicted molar refractivity (Wildman–Crippen MR) is 193 cm³/mol. The number of rotatable bonds is 17. The Morgan fingerprint density at radius 3 is 2.45 bits per heavy atom. The molecule has 1 spiro atoms. The molecule has 0 aromatic heterocycles. The number of alkyl halides is 1. The number of aliphatic hydroxyl groups excluding tert-OH is 1. The van der Waals surface area contributed by atoms with Crippen LogP contribution in [0.1, 0.15) is 37.9 Å². The number of anilines is 1. The van der Waals surface area contributed by atoms with Crippen LogP contribution in [0.25, 0.3) is 0 Å². The molecule has 1 unspecified atom stereocenters. The van der Waals surface area contributed by atoms with Gasteiger partial charge in [-0.05, 0) is 49.6 Å². The van der Waals surface area contributed by atoms with Crippen molar-refractivity contribution in [2.45, 2.75) is 66.9 Å². The van der Waals surface area contributed by atoms with Gasteiger partial charge in [0.1, 0.15) is 23.5 Å². The summed E-state index contributed by atoms with van der Waals surface area (Å²) in [7, 11) is 3.04. The second-order valence-corrected chi connectivity index (χ2v) is 14.3. The third-order valence-electron chi connectivity index (χ3n) is 9.94. The Morgan fingerprint density at radius 2 is 1.84 bits per heavy atom. The Bertz CT molecular complexity index is 1590. The number of allylic oxidation sites excluding steroid dienone is 1. The predicted octanol–water partition coefficient (Wildman–Crippen LogP) is 3.72. The zero-order chi connectivity index (χ0) is 36.9. The Kier molecular flexibility index (Phi) is 12.4. The smallest absolute Gasteiger partial charge is 0.313 e. The van der Waals surface area contributed by atoms with Crippen LogP contribution < -0.4 is 15.0 Å². The van der Waals surface area contributed by atoms with E-state index in [1.165, 1.54) is 16.9 Å². The van der Waals surface area contributed by atoms with Gasteiger partial charge < -0.3 is 39.2 Å². The fraction of sp³-hybridized carbons (Fsp3) is 0.474. The maximum Gasteiger partial charge on any atom is 0.313 e. The van der Waals surface area contributed by atoms with E-state index in [0.29, 0.717) is 23.4 Å². The van der Waals surface area contributed by atoms with E-state index >= 15 is 0 Å². The summed E-state index contributed by atoms with van der Waals surface area (Å²) < 4.78 is 23.7. The number of fused-ring (bicyclic) bond motifs is 1. The zero-order valence-electron chi connectivity index (χ0n) is 29.1. The highest BCUT2D eigenvalue weighted by atomic mass is 79.9. The molecule has 274 valence electrons. The number of aliphatic hydroxyl groups is 1. The minimum absolute atomic E-state index is 0.0352. The maximum atomic E-state index is 14.8. The molecule has 2 N–H and O–H groups in total. The number of nitrogens with zero attached hydrogens (tertiary/aromatic N) is 2. The molecule has 9 atom stereocenters. The van der Waals surface area contributed by atoms with Crippen molar-refractivity contribution >= 4 is 45.3 Å². The number of nitrogens with one attached hydrogen (secondary N) is 1. The van der Waals surface area contributed by atoms with Crippen LogP contribution in [0.15, 0.2) is 79.9 Å². The number of ether oxygens (including phenoxy) is 4. The van der Waals surface area contributed by atoms with Crippen molar-refractivity contribution in [2.24, 2.45) is 11.8 Å². The van der Waals surface area contributed by atoms with Gasteiger partial charge in [0.25, 0.3) is 5.91 Å². The van der Waals surface area contributed by atoms with Crippen LogP contribution in [0.2, 0.25) is 0 Å². The van der Waals surface area contributed by atoms with Gasteiger partial charge in [0.05, 0.1) is 50.3 Å². The van der Waals surface area contributed by atoms with E-state index < -0.39 is 77.0 Å². The largest absolute Gasteiger partial charge is 0.497 e. The summed E-state index contributed by atoms with van der Waals surface area (Å²) >= 11 is 3.70. The van der Waals surface area contributed by atoms with E-state index in [1.807, 2.05) is 6.07 Å². The van der Waals surface area contributed by atoms with Crippen molar-refractivity contribution in [3.63, 3.8) is 0 Å². The molecule has 0 radical (unpaired) electrons. The molecule has 3 aliphatic heterocycles. The molecular weight excluding hydrogens is 722 g/mol. The molecule has 2 bridgehead atoms. The molecule has 0 aliphatic carbocycles. The molecule has 3 aliphatic rings. The van der Waals surface area contributed by atoms with Gasteiger partial charge in [0, 0.05) is 30.6 Å². The lowest BCUT2D eigenvalue weighted by atomic mass is 9.70. The van der Waals surface area contributed by atoms with E-state index in [-0.39, 0.29) is 31.9 Å². The summed E-state index contributed by atoms with van der Waals surface area (Å²) in [6.07, 6.45) is 2.39. The number of likely N-dealkylation sites (tertiary alicyclic amines) is 1. The first-order valence-electron chi connectivity index (χ1n) is 17.0. The molecule has 2 aromatic rings. The molecule has 5 rings (SSSR count). The molecule has 13 heteroatoms. The quantitative estimate of drug-likeness (QED) is 0.140. The Morgan fingerprint density at radius 1 is 1.14 bits per heavy atom. The average Bonchev–Trinajstić information content (AvgIpc) is 3.74. The first-order valence-corrected chi connectivity index (χ1v) is 17.9. The van der Waals surface area contributed by atoms with Crippen LogP contribution >= 0.6 is 15.9 Å². The summed E-state index contributed by atoms with van der Waals surface area (Å²) in [4.78, 5) is 59.2. The highest BCUT2D eigenvalue weighted by Crippen LogP contribution is 2.61. The Labute approximate surface area is 306 Å². The van der Waals surface area contributed by atoms with Crippen molar-refractivity contribution in [2.75, 3.05) is 38.9 Å². The zero-order valence-corrected chi connectivity index (χ0v) is 30.7. The third-order valence-corrected chi connectivity index (χ3v) is 10.8. The fourth-order valence-corrected chi connectivity index (χ4v) is 8.61. The third kappa shape index (κ3) is 7.35. The highest BCUT2D eigenvalue weighted by molar-refractivity contribution is 9.09. The van der Waals surface area contributed by atoms with Gasteiger partial charge in [-0.2, -0.15) is 0 Å². The SMILES string of the molecule is C=CCCC(=O)N[C@@H](COC)[C@@H](OC(=O)[C@@H]1[C@H]2O[C@@]3(CC2Br)[C@H](C(=O)N(CC=C)c2ccc(OC)cc2)N([C@H](C)CO)C(=O)[C@@H]13)c1ccccc1. The number of carbonyl (C=O) groups excluding carboxylic acids is 4. The van der Waals surface area contributed by atoms with Crippen molar-refractivity contribution < 1.29 is 43.2 Å². The minimum Gasteiger partial charge on any atom is -0.497 e. The average molecular weight is 769 g/mol. The molecule has 51 heavy (non-hydrogen) atoms. The Balaban J connectivity index is 1.52. The number of amides is 3. The van der Waals surface area contributed by atoms with Gasteiger partial charge >= 0.3 is 5.97 Å². The van der Waals surface area contributed by atoms with Gasteiger partial charge in [-0.15, -0.1) is 13.2 Å². The highest BCUT2D eigenvalue weighted by Gasteiger charge is 2.77. The summed E-state index contributed by atoms with van der Waals surface area (Å²) in [5, 5.41) is 13.3. The van der Waals surface area contributed by atoms with Crippen LogP contribution in [0.4, 0.5) is 5.69 Å². The number of esters is 1. The number of methoxy groups -OCH3 is 2. The second kappa shape index (κ2) is 16.5. The number of carbonyl (C=O) groups is 4. The van der Waals surface area contributed by atoms with Crippen LogP contribution in [0.5, 0.6) is 5.75 Å². The van der Waals surface area contributed by atoms with Crippen molar-refractivity contribution in [3.8, 4) is 5.75 Å². The molecule has 12 nitrogen and oxygen atoms in total. The first-order chi connectivity index (χ1) is 24.6. The monoisotopic (exact) mass is 767 g/mol. The van der Waals surface area contributed by atoms with Crippen LogP contribution in [-0.2, 0) is 33.4 Å². The molecule has 3 heterocycles. The van der Waals surface area contributed by atoms with E-state index in [9.17, 15) is 24.3 Å². The maximum absolute atomic E-state index is 14.8. The molecule has 3 amide bonds.